The van der Waals surface area contributed by atoms with Crippen molar-refractivity contribution >= 4 is 21.9 Å². The van der Waals surface area contributed by atoms with Gasteiger partial charge in [-0.2, -0.15) is 4.98 Å². The van der Waals surface area contributed by atoms with Crippen molar-refractivity contribution in [3.05, 3.63) is 64.2 Å². The second-order valence-electron chi connectivity index (χ2n) is 4.76. The number of ether oxygens (including phenoxy) is 1. The molecule has 0 radical (unpaired) electrons. The smallest absolute Gasteiger partial charge is 0.342 e. The normalized spacial score (nSPS) is 10.6. The van der Waals surface area contributed by atoms with Gasteiger partial charge in [-0.3, -0.25) is 0 Å². The highest BCUT2D eigenvalue weighted by Gasteiger charge is 2.16. The van der Waals surface area contributed by atoms with E-state index < -0.39 is 5.97 Å². The molecule has 3 aromatic rings. The first-order valence-corrected chi connectivity index (χ1v) is 7.56. The van der Waals surface area contributed by atoms with Gasteiger partial charge in [0.1, 0.15) is 17.1 Å². The van der Waals surface area contributed by atoms with Gasteiger partial charge in [-0.25, -0.2) is 9.18 Å². The molecule has 0 spiro atoms. The van der Waals surface area contributed by atoms with Crippen LogP contribution in [-0.2, 0) is 11.3 Å². The van der Waals surface area contributed by atoms with Crippen molar-refractivity contribution in [2.24, 2.45) is 0 Å². The van der Waals surface area contributed by atoms with Crippen LogP contribution in [-0.4, -0.2) is 21.2 Å². The molecule has 2 aromatic carbocycles. The predicted octanol–water partition coefficient (Wildman–Crippen LogP) is 3.70. The van der Waals surface area contributed by atoms with Gasteiger partial charge in [0.05, 0.1) is 0 Å². The molecule has 24 heavy (non-hydrogen) atoms. The summed E-state index contributed by atoms with van der Waals surface area (Å²) in [6.07, 6.45) is 0. The van der Waals surface area contributed by atoms with E-state index in [9.17, 15) is 14.3 Å². The fraction of sp³-hybridized carbons (Fsp3) is 0.0625. The first-order chi connectivity index (χ1) is 11.5. The number of halogens is 2. The fourth-order valence-corrected chi connectivity index (χ4v) is 2.27. The number of phenols is 1. The number of nitrogens with zero attached hydrogens (tertiary/aromatic N) is 2. The van der Waals surface area contributed by atoms with Gasteiger partial charge in [0.2, 0.25) is 5.82 Å². The average Bonchev–Trinajstić information content (AvgIpc) is 3.04. The van der Waals surface area contributed by atoms with Crippen LogP contribution in [0.25, 0.3) is 11.4 Å². The molecular weight excluding hydrogens is 383 g/mol. The number of aromatic hydroxyl groups is 1. The Morgan fingerprint density at radius 2 is 2.00 bits per heavy atom. The van der Waals surface area contributed by atoms with E-state index in [-0.39, 0.29) is 35.5 Å². The van der Waals surface area contributed by atoms with Crippen LogP contribution in [0.3, 0.4) is 0 Å². The van der Waals surface area contributed by atoms with Crippen molar-refractivity contribution in [1.82, 2.24) is 10.1 Å². The second-order valence-corrected chi connectivity index (χ2v) is 5.67. The first kappa shape index (κ1) is 16.1. The largest absolute Gasteiger partial charge is 0.507 e. The molecule has 0 saturated heterocycles. The summed E-state index contributed by atoms with van der Waals surface area (Å²) in [4.78, 5) is 16.0. The van der Waals surface area contributed by atoms with Crippen LogP contribution in [0.1, 0.15) is 16.2 Å². The standard InChI is InChI=1S/C16H10BrFN2O4/c17-10-3-6-13(21)12(7-10)16(22)23-8-14-19-15(20-24-14)9-1-4-11(18)5-2-9/h1-7,21H,8H2. The summed E-state index contributed by atoms with van der Waals surface area (Å²) in [6.45, 7) is -0.251. The van der Waals surface area contributed by atoms with E-state index in [1.165, 1.54) is 36.4 Å². The van der Waals surface area contributed by atoms with E-state index in [0.717, 1.165) is 0 Å². The quantitative estimate of drug-likeness (QED) is 0.681. The molecule has 0 fully saturated rings. The van der Waals surface area contributed by atoms with E-state index in [4.69, 9.17) is 9.26 Å². The van der Waals surface area contributed by atoms with E-state index in [1.54, 1.807) is 6.07 Å². The van der Waals surface area contributed by atoms with E-state index in [2.05, 4.69) is 26.1 Å². The zero-order valence-corrected chi connectivity index (χ0v) is 13.7. The minimum absolute atomic E-state index is 0.0163. The fourth-order valence-electron chi connectivity index (χ4n) is 1.91. The number of rotatable bonds is 4. The molecule has 0 amide bonds. The molecule has 3 rings (SSSR count). The number of phenolic OH excluding ortho intramolecular Hbond substituents is 1. The lowest BCUT2D eigenvalue weighted by molar-refractivity contribution is 0.0426. The van der Waals surface area contributed by atoms with Gasteiger partial charge < -0.3 is 14.4 Å². The molecule has 0 bridgehead atoms. The third kappa shape index (κ3) is 3.60. The van der Waals surface area contributed by atoms with E-state index in [1.807, 2.05) is 0 Å². The zero-order valence-electron chi connectivity index (χ0n) is 12.1. The second kappa shape index (κ2) is 6.79. The van der Waals surface area contributed by atoms with Gasteiger partial charge in [-0.05, 0) is 42.5 Å². The van der Waals surface area contributed by atoms with Gasteiger partial charge in [-0.1, -0.05) is 21.1 Å². The molecule has 0 saturated carbocycles. The third-order valence-electron chi connectivity index (χ3n) is 3.08. The van der Waals surface area contributed by atoms with E-state index in [0.29, 0.717) is 10.0 Å². The highest BCUT2D eigenvalue weighted by molar-refractivity contribution is 9.10. The molecule has 6 nitrogen and oxygen atoms in total. The van der Waals surface area contributed by atoms with Crippen molar-refractivity contribution in [3.63, 3.8) is 0 Å². The SMILES string of the molecule is O=C(OCc1nc(-c2ccc(F)cc2)no1)c1cc(Br)ccc1O. The first-order valence-electron chi connectivity index (χ1n) is 6.77. The Kier molecular flexibility index (Phi) is 4.57. The highest BCUT2D eigenvalue weighted by Crippen LogP contribution is 2.23. The lowest BCUT2D eigenvalue weighted by atomic mass is 10.2. The predicted molar refractivity (Wildman–Crippen MR) is 84.6 cm³/mol. The molecule has 8 heteroatoms. The van der Waals surface area contributed by atoms with Crippen LogP contribution in [0.5, 0.6) is 5.75 Å². The molecule has 0 aliphatic carbocycles. The number of carbonyl (C=O) groups excluding carboxylic acids is 1. The number of esters is 1. The van der Waals surface area contributed by atoms with Crippen molar-refractivity contribution in [2.45, 2.75) is 6.61 Å². The molecule has 1 heterocycles. The minimum Gasteiger partial charge on any atom is -0.507 e. The molecule has 0 aliphatic rings. The average molecular weight is 393 g/mol. The number of hydrogen-bond donors (Lipinski definition) is 1. The molecule has 1 aromatic heterocycles. The maximum atomic E-state index is 12.9. The van der Waals surface area contributed by atoms with Crippen molar-refractivity contribution in [3.8, 4) is 17.1 Å². The van der Waals surface area contributed by atoms with Crippen LogP contribution in [0.2, 0.25) is 0 Å². The Bertz CT molecular complexity index is 880. The Morgan fingerprint density at radius 3 is 2.75 bits per heavy atom. The summed E-state index contributed by atoms with van der Waals surface area (Å²) in [7, 11) is 0. The van der Waals surface area contributed by atoms with Crippen LogP contribution >= 0.6 is 15.9 Å². The molecule has 122 valence electrons. The van der Waals surface area contributed by atoms with Gasteiger partial charge in [0.15, 0.2) is 6.61 Å². The topological polar surface area (TPSA) is 85.5 Å². The van der Waals surface area contributed by atoms with Gasteiger partial charge >= 0.3 is 5.97 Å². The van der Waals surface area contributed by atoms with Crippen LogP contribution in [0.15, 0.2) is 51.5 Å². The molecule has 1 N–H and O–H groups in total. The van der Waals surface area contributed by atoms with Gasteiger partial charge in [-0.15, -0.1) is 0 Å². The number of hydrogen-bond acceptors (Lipinski definition) is 6. The van der Waals surface area contributed by atoms with Crippen LogP contribution in [0, 0.1) is 5.82 Å². The maximum Gasteiger partial charge on any atom is 0.342 e. The number of aromatic nitrogens is 2. The summed E-state index contributed by atoms with van der Waals surface area (Å²) >= 11 is 3.21. The van der Waals surface area contributed by atoms with Gasteiger partial charge in [0.25, 0.3) is 5.89 Å². The van der Waals surface area contributed by atoms with Crippen molar-refractivity contribution < 1.29 is 23.6 Å². The Hall–Kier alpha value is -2.74. The third-order valence-corrected chi connectivity index (χ3v) is 3.57. The highest BCUT2D eigenvalue weighted by atomic mass is 79.9. The molecular formula is C16H10BrFN2O4. The number of carbonyl (C=O) groups is 1. The van der Waals surface area contributed by atoms with Crippen LogP contribution < -0.4 is 0 Å². The van der Waals surface area contributed by atoms with E-state index >= 15 is 0 Å². The lowest BCUT2D eigenvalue weighted by Gasteiger charge is -2.04. The Morgan fingerprint density at radius 1 is 1.25 bits per heavy atom. The summed E-state index contributed by atoms with van der Waals surface area (Å²) < 4.78 is 23.6. The summed E-state index contributed by atoms with van der Waals surface area (Å²) in [5, 5.41) is 13.4. The maximum absolute atomic E-state index is 12.9. The summed E-state index contributed by atoms with van der Waals surface area (Å²) in [5.41, 5.74) is 0.588. The lowest BCUT2D eigenvalue weighted by Crippen LogP contribution is -2.05. The van der Waals surface area contributed by atoms with Gasteiger partial charge in [0, 0.05) is 10.0 Å². The zero-order chi connectivity index (χ0) is 17.1. The molecule has 0 aliphatic heterocycles. The summed E-state index contributed by atoms with van der Waals surface area (Å²) in [6, 6.07) is 9.99. The molecule has 0 atom stereocenters. The number of benzene rings is 2. The molecule has 0 unspecified atom stereocenters. The monoisotopic (exact) mass is 392 g/mol. The van der Waals surface area contributed by atoms with Crippen molar-refractivity contribution in [2.75, 3.05) is 0 Å². The Balaban J connectivity index is 1.68. The minimum atomic E-state index is -0.727. The summed E-state index contributed by atoms with van der Waals surface area (Å²) in [5.74, 6) is -0.954. The van der Waals surface area contributed by atoms with Crippen LogP contribution in [0.4, 0.5) is 4.39 Å². The Labute approximate surface area is 144 Å². The van der Waals surface area contributed by atoms with Crippen molar-refractivity contribution in [1.29, 1.82) is 0 Å².